The zero-order valence-corrected chi connectivity index (χ0v) is 11.5. The standard InChI is InChI=1S/C14H23N3O2/c1-9-11(6-7-15-9)14(19)17-8-2-3-12(17)13(18)16-10-4-5-10/h9-12,15H,2-8H2,1H3,(H,16,18). The van der Waals surface area contributed by atoms with Gasteiger partial charge in [-0.05, 0) is 45.6 Å². The summed E-state index contributed by atoms with van der Waals surface area (Å²) >= 11 is 0. The van der Waals surface area contributed by atoms with Crippen LogP contribution in [0.3, 0.4) is 0 Å². The van der Waals surface area contributed by atoms with Crippen LogP contribution in [0.1, 0.15) is 39.0 Å². The van der Waals surface area contributed by atoms with Crippen molar-refractivity contribution >= 4 is 11.8 Å². The van der Waals surface area contributed by atoms with Gasteiger partial charge in [0, 0.05) is 18.6 Å². The van der Waals surface area contributed by atoms with Crippen LogP contribution in [-0.2, 0) is 9.59 Å². The maximum absolute atomic E-state index is 12.6. The van der Waals surface area contributed by atoms with Gasteiger partial charge in [0.25, 0.3) is 0 Å². The van der Waals surface area contributed by atoms with Gasteiger partial charge in [-0.2, -0.15) is 0 Å². The predicted octanol–water partition coefficient (Wildman–Crippen LogP) is 0.254. The van der Waals surface area contributed by atoms with Crippen molar-refractivity contribution in [1.82, 2.24) is 15.5 Å². The molecule has 106 valence electrons. The van der Waals surface area contributed by atoms with Crippen LogP contribution in [0.25, 0.3) is 0 Å². The molecule has 0 aromatic rings. The summed E-state index contributed by atoms with van der Waals surface area (Å²) in [7, 11) is 0. The van der Waals surface area contributed by atoms with Crippen LogP contribution < -0.4 is 10.6 Å². The summed E-state index contributed by atoms with van der Waals surface area (Å²) in [6, 6.07) is 0.387. The van der Waals surface area contributed by atoms with Crippen molar-refractivity contribution in [2.75, 3.05) is 13.1 Å². The monoisotopic (exact) mass is 265 g/mol. The van der Waals surface area contributed by atoms with Crippen molar-refractivity contribution in [3.8, 4) is 0 Å². The van der Waals surface area contributed by atoms with E-state index < -0.39 is 0 Å². The topological polar surface area (TPSA) is 61.4 Å². The van der Waals surface area contributed by atoms with Gasteiger partial charge in [-0.3, -0.25) is 9.59 Å². The van der Waals surface area contributed by atoms with Crippen molar-refractivity contribution in [2.24, 2.45) is 5.92 Å². The molecule has 3 fully saturated rings. The van der Waals surface area contributed by atoms with E-state index in [4.69, 9.17) is 0 Å². The molecule has 0 aromatic heterocycles. The molecule has 1 aliphatic carbocycles. The molecule has 5 nitrogen and oxygen atoms in total. The van der Waals surface area contributed by atoms with Crippen LogP contribution in [0.15, 0.2) is 0 Å². The average Bonchev–Trinajstić information content (AvgIpc) is 2.92. The molecule has 2 aliphatic heterocycles. The fraction of sp³-hybridized carbons (Fsp3) is 0.857. The second kappa shape index (κ2) is 5.12. The average molecular weight is 265 g/mol. The maximum atomic E-state index is 12.6. The minimum absolute atomic E-state index is 0.0503. The van der Waals surface area contributed by atoms with Crippen molar-refractivity contribution in [3.63, 3.8) is 0 Å². The van der Waals surface area contributed by atoms with E-state index >= 15 is 0 Å². The molecule has 2 saturated heterocycles. The Kier molecular flexibility index (Phi) is 3.48. The molecule has 3 rings (SSSR count). The molecule has 3 unspecified atom stereocenters. The quantitative estimate of drug-likeness (QED) is 0.769. The van der Waals surface area contributed by atoms with Crippen LogP contribution in [0.2, 0.25) is 0 Å². The van der Waals surface area contributed by atoms with Crippen LogP contribution in [0.5, 0.6) is 0 Å². The maximum Gasteiger partial charge on any atom is 0.243 e. The Morgan fingerprint density at radius 1 is 1.21 bits per heavy atom. The number of amides is 2. The van der Waals surface area contributed by atoms with Crippen molar-refractivity contribution in [2.45, 2.75) is 57.2 Å². The molecule has 19 heavy (non-hydrogen) atoms. The molecular formula is C14H23N3O2. The summed E-state index contributed by atoms with van der Waals surface area (Å²) in [6.07, 6.45) is 4.85. The SMILES string of the molecule is CC1NCCC1C(=O)N1CCCC1C(=O)NC1CC1. The largest absolute Gasteiger partial charge is 0.352 e. The highest BCUT2D eigenvalue weighted by Crippen LogP contribution is 2.26. The lowest BCUT2D eigenvalue weighted by Crippen LogP contribution is -2.49. The van der Waals surface area contributed by atoms with Gasteiger partial charge >= 0.3 is 0 Å². The Bertz CT molecular complexity index is 381. The third-order valence-electron chi connectivity index (χ3n) is 4.60. The molecule has 5 heteroatoms. The second-order valence-electron chi connectivity index (χ2n) is 6.11. The van der Waals surface area contributed by atoms with Gasteiger partial charge in [-0.15, -0.1) is 0 Å². The minimum atomic E-state index is -0.221. The van der Waals surface area contributed by atoms with Gasteiger partial charge in [0.2, 0.25) is 11.8 Å². The van der Waals surface area contributed by atoms with Crippen molar-refractivity contribution in [3.05, 3.63) is 0 Å². The van der Waals surface area contributed by atoms with E-state index in [9.17, 15) is 9.59 Å². The van der Waals surface area contributed by atoms with Crippen LogP contribution in [0.4, 0.5) is 0 Å². The molecule has 2 N–H and O–H groups in total. The van der Waals surface area contributed by atoms with Crippen molar-refractivity contribution < 1.29 is 9.59 Å². The molecule has 0 aromatic carbocycles. The second-order valence-corrected chi connectivity index (χ2v) is 6.11. The summed E-state index contributed by atoms with van der Waals surface area (Å²) in [5.41, 5.74) is 0. The van der Waals surface area contributed by atoms with Crippen LogP contribution in [-0.4, -0.2) is 47.9 Å². The van der Waals surface area contributed by atoms with Gasteiger partial charge in [0.05, 0.1) is 5.92 Å². The lowest BCUT2D eigenvalue weighted by atomic mass is 10.00. The summed E-state index contributed by atoms with van der Waals surface area (Å²) in [4.78, 5) is 26.6. The lowest BCUT2D eigenvalue weighted by molar-refractivity contribution is -0.141. The first-order valence-corrected chi connectivity index (χ1v) is 7.51. The van der Waals surface area contributed by atoms with E-state index in [1.807, 2.05) is 4.90 Å². The Hall–Kier alpha value is -1.10. The highest BCUT2D eigenvalue weighted by molar-refractivity contribution is 5.89. The highest BCUT2D eigenvalue weighted by Gasteiger charge is 2.40. The van der Waals surface area contributed by atoms with Gasteiger partial charge in [0.15, 0.2) is 0 Å². The Morgan fingerprint density at radius 3 is 2.63 bits per heavy atom. The first-order chi connectivity index (χ1) is 9.16. The van der Waals surface area contributed by atoms with Gasteiger partial charge in [-0.25, -0.2) is 0 Å². The lowest BCUT2D eigenvalue weighted by Gasteiger charge is -2.28. The van der Waals surface area contributed by atoms with E-state index in [1.54, 1.807) is 0 Å². The molecule has 0 bridgehead atoms. The van der Waals surface area contributed by atoms with Crippen molar-refractivity contribution in [1.29, 1.82) is 0 Å². The van der Waals surface area contributed by atoms with E-state index in [0.717, 1.165) is 45.2 Å². The number of hydrogen-bond acceptors (Lipinski definition) is 3. The summed E-state index contributed by atoms with van der Waals surface area (Å²) in [5.74, 6) is 0.284. The number of hydrogen-bond donors (Lipinski definition) is 2. The molecular weight excluding hydrogens is 242 g/mol. The number of likely N-dealkylation sites (tertiary alicyclic amines) is 1. The zero-order valence-electron chi connectivity index (χ0n) is 11.5. The molecule has 2 amide bonds. The molecule has 3 aliphatic rings. The van der Waals surface area contributed by atoms with E-state index in [2.05, 4.69) is 17.6 Å². The van der Waals surface area contributed by atoms with Crippen LogP contribution >= 0.6 is 0 Å². The smallest absolute Gasteiger partial charge is 0.243 e. The Morgan fingerprint density at radius 2 is 2.00 bits per heavy atom. The number of carbonyl (C=O) groups excluding carboxylic acids is 2. The first kappa shape index (κ1) is 12.9. The molecule has 2 heterocycles. The molecule has 1 saturated carbocycles. The molecule has 3 atom stereocenters. The summed E-state index contributed by atoms with van der Waals surface area (Å²) < 4.78 is 0. The molecule has 0 radical (unpaired) electrons. The summed E-state index contributed by atoms with van der Waals surface area (Å²) in [6.45, 7) is 3.71. The van der Waals surface area contributed by atoms with E-state index in [-0.39, 0.29) is 29.8 Å². The van der Waals surface area contributed by atoms with Crippen LogP contribution in [0, 0.1) is 5.92 Å². The fourth-order valence-corrected chi connectivity index (χ4v) is 3.24. The van der Waals surface area contributed by atoms with Gasteiger partial charge < -0.3 is 15.5 Å². The Balaban J connectivity index is 1.64. The third-order valence-corrected chi connectivity index (χ3v) is 4.60. The minimum Gasteiger partial charge on any atom is -0.352 e. The number of carbonyl (C=O) groups is 2. The molecule has 0 spiro atoms. The third kappa shape index (κ3) is 2.61. The predicted molar refractivity (Wildman–Crippen MR) is 71.5 cm³/mol. The van der Waals surface area contributed by atoms with Gasteiger partial charge in [0.1, 0.15) is 6.04 Å². The number of rotatable bonds is 3. The zero-order chi connectivity index (χ0) is 13.4. The van der Waals surface area contributed by atoms with E-state index in [0.29, 0.717) is 6.04 Å². The number of nitrogens with one attached hydrogen (secondary N) is 2. The summed E-state index contributed by atoms with van der Waals surface area (Å²) in [5, 5.41) is 6.35. The highest BCUT2D eigenvalue weighted by atomic mass is 16.2. The normalized spacial score (nSPS) is 34.6. The fourth-order valence-electron chi connectivity index (χ4n) is 3.24. The Labute approximate surface area is 114 Å². The van der Waals surface area contributed by atoms with E-state index in [1.165, 1.54) is 0 Å². The first-order valence-electron chi connectivity index (χ1n) is 7.51. The van der Waals surface area contributed by atoms with Gasteiger partial charge in [-0.1, -0.05) is 0 Å². The number of nitrogens with zero attached hydrogens (tertiary/aromatic N) is 1.